The Kier molecular flexibility index (Phi) is 3.37. The number of rotatable bonds is 1. The van der Waals surface area contributed by atoms with E-state index in [1.54, 1.807) is 6.07 Å². The Hall–Kier alpha value is -2.57. The molecule has 7 nitrogen and oxygen atoms in total. The van der Waals surface area contributed by atoms with Crippen LogP contribution in [0.15, 0.2) is 18.2 Å². The van der Waals surface area contributed by atoms with E-state index in [2.05, 4.69) is 20.4 Å². The Balaban J connectivity index is 2.60. The Morgan fingerprint density at radius 1 is 1.37 bits per heavy atom. The van der Waals surface area contributed by atoms with Gasteiger partial charge in [-0.15, -0.1) is 0 Å². The minimum atomic E-state index is -0.683. The average Bonchev–Trinajstić information content (AvgIpc) is 2.74. The number of carbonyl (C=O) groups is 2. The summed E-state index contributed by atoms with van der Waals surface area (Å²) in [6.45, 7) is 1.92. The Morgan fingerprint density at radius 2 is 2.11 bits per heavy atom. The van der Waals surface area contributed by atoms with E-state index in [-0.39, 0.29) is 5.95 Å². The lowest BCUT2D eigenvalue weighted by molar-refractivity contribution is 0.186. The maximum atomic E-state index is 11.9. The highest BCUT2D eigenvalue weighted by molar-refractivity contribution is 5.96. The molecule has 0 unspecified atom stereocenters. The molecule has 0 atom stereocenters. The smallest absolute Gasteiger partial charge is 0.413 e. The molecule has 0 saturated heterocycles. The summed E-state index contributed by atoms with van der Waals surface area (Å²) in [7, 11) is 2.75. The van der Waals surface area contributed by atoms with Crippen molar-refractivity contribution in [1.29, 1.82) is 0 Å². The van der Waals surface area contributed by atoms with E-state index in [9.17, 15) is 9.59 Å². The lowest BCUT2D eigenvalue weighted by Crippen LogP contribution is -2.27. The third-order valence-electron chi connectivity index (χ3n) is 2.63. The van der Waals surface area contributed by atoms with Crippen LogP contribution in [0.1, 0.15) is 5.56 Å². The summed E-state index contributed by atoms with van der Waals surface area (Å²) in [5, 5.41) is 4.91. The minimum Gasteiger partial charge on any atom is -0.453 e. The summed E-state index contributed by atoms with van der Waals surface area (Å²) in [4.78, 5) is 27.4. The lowest BCUT2D eigenvalue weighted by Gasteiger charge is -2.07. The van der Waals surface area contributed by atoms with Crippen LogP contribution in [-0.4, -0.2) is 35.8 Å². The number of ether oxygens (including phenoxy) is 1. The molecule has 2 N–H and O–H groups in total. The van der Waals surface area contributed by atoms with Crippen LogP contribution in [-0.2, 0) is 4.74 Å². The third-order valence-corrected chi connectivity index (χ3v) is 2.63. The monoisotopic (exact) mass is 262 g/mol. The van der Waals surface area contributed by atoms with Crippen molar-refractivity contribution in [2.45, 2.75) is 6.92 Å². The largest absolute Gasteiger partial charge is 0.453 e. The van der Waals surface area contributed by atoms with E-state index in [1.807, 2.05) is 19.1 Å². The molecule has 0 fully saturated rings. The van der Waals surface area contributed by atoms with Crippen molar-refractivity contribution in [1.82, 2.24) is 14.9 Å². The highest BCUT2D eigenvalue weighted by atomic mass is 16.5. The molecule has 0 aliphatic carbocycles. The number of fused-ring (bicyclic) bond motifs is 1. The van der Waals surface area contributed by atoms with Gasteiger partial charge in [0.05, 0.1) is 18.1 Å². The predicted octanol–water partition coefficient (Wildman–Crippen LogP) is 1.71. The zero-order chi connectivity index (χ0) is 14.0. The first-order valence-electron chi connectivity index (χ1n) is 5.63. The zero-order valence-electron chi connectivity index (χ0n) is 10.9. The fraction of sp³-hybridized carbons (Fsp3) is 0.250. The predicted molar refractivity (Wildman–Crippen MR) is 70.4 cm³/mol. The normalized spacial score (nSPS) is 10.3. The Bertz CT molecular complexity index is 648. The van der Waals surface area contributed by atoms with E-state index in [0.717, 1.165) is 5.56 Å². The molecular weight excluding hydrogens is 248 g/mol. The SMILES string of the molecule is CNC(=O)n1c(NC(=O)OC)nc2cc(C)ccc21. The van der Waals surface area contributed by atoms with Gasteiger partial charge in [-0.05, 0) is 24.6 Å². The van der Waals surface area contributed by atoms with Gasteiger partial charge in [0.1, 0.15) is 0 Å². The van der Waals surface area contributed by atoms with E-state index < -0.39 is 12.1 Å². The first kappa shape index (κ1) is 12.9. The maximum absolute atomic E-state index is 11.9. The van der Waals surface area contributed by atoms with Crippen LogP contribution >= 0.6 is 0 Å². The number of benzene rings is 1. The van der Waals surface area contributed by atoms with Crippen molar-refractivity contribution >= 4 is 29.1 Å². The molecule has 19 heavy (non-hydrogen) atoms. The van der Waals surface area contributed by atoms with Crippen LogP contribution in [0.25, 0.3) is 11.0 Å². The standard InChI is InChI=1S/C12H14N4O3/c1-7-4-5-9-8(6-7)14-10(15-12(18)19-3)16(9)11(17)13-2/h4-6H,1-3H3,(H,13,17)(H,14,15,18). The number of hydrogen-bond acceptors (Lipinski definition) is 4. The van der Waals surface area contributed by atoms with Crippen LogP contribution in [0.2, 0.25) is 0 Å². The first-order valence-corrected chi connectivity index (χ1v) is 5.63. The zero-order valence-corrected chi connectivity index (χ0v) is 10.9. The Labute approximate surface area is 109 Å². The van der Waals surface area contributed by atoms with E-state index in [4.69, 9.17) is 0 Å². The summed E-state index contributed by atoms with van der Waals surface area (Å²) in [6, 6.07) is 5.08. The minimum absolute atomic E-state index is 0.117. The van der Waals surface area contributed by atoms with E-state index >= 15 is 0 Å². The van der Waals surface area contributed by atoms with Crippen LogP contribution in [0.5, 0.6) is 0 Å². The third kappa shape index (κ3) is 2.35. The van der Waals surface area contributed by atoms with Gasteiger partial charge in [-0.2, -0.15) is 0 Å². The van der Waals surface area contributed by atoms with Gasteiger partial charge in [-0.25, -0.2) is 19.1 Å². The number of anilines is 1. The number of nitrogens with one attached hydrogen (secondary N) is 2. The first-order chi connectivity index (χ1) is 9.06. The molecule has 1 heterocycles. The quantitative estimate of drug-likeness (QED) is 0.819. The van der Waals surface area contributed by atoms with Crippen molar-refractivity contribution in [2.75, 3.05) is 19.5 Å². The second kappa shape index (κ2) is 4.97. The highest BCUT2D eigenvalue weighted by Gasteiger charge is 2.17. The van der Waals surface area contributed by atoms with Crippen molar-refractivity contribution in [3.63, 3.8) is 0 Å². The molecule has 2 amide bonds. The van der Waals surface area contributed by atoms with Crippen LogP contribution in [0.4, 0.5) is 15.5 Å². The summed E-state index contributed by atoms with van der Waals surface area (Å²) in [6.07, 6.45) is -0.683. The number of amides is 2. The molecule has 0 aliphatic heterocycles. The van der Waals surface area contributed by atoms with E-state index in [1.165, 1.54) is 18.7 Å². The van der Waals surface area contributed by atoms with Gasteiger partial charge in [0, 0.05) is 7.05 Å². The molecule has 7 heteroatoms. The molecule has 100 valence electrons. The number of imidazole rings is 1. The molecule has 1 aromatic heterocycles. The number of aryl methyl sites for hydroxylation is 1. The van der Waals surface area contributed by atoms with Gasteiger partial charge in [0.15, 0.2) is 0 Å². The van der Waals surface area contributed by atoms with Gasteiger partial charge in [-0.1, -0.05) is 6.07 Å². The molecule has 0 spiro atoms. The van der Waals surface area contributed by atoms with Crippen molar-refractivity contribution in [3.8, 4) is 0 Å². The maximum Gasteiger partial charge on any atom is 0.413 e. The fourth-order valence-corrected chi connectivity index (χ4v) is 1.73. The number of nitrogens with zero attached hydrogens (tertiary/aromatic N) is 2. The van der Waals surface area contributed by atoms with Crippen LogP contribution in [0.3, 0.4) is 0 Å². The number of aromatic nitrogens is 2. The second-order valence-electron chi connectivity index (χ2n) is 3.93. The number of hydrogen-bond donors (Lipinski definition) is 2. The molecule has 2 rings (SSSR count). The van der Waals surface area contributed by atoms with Crippen molar-refractivity contribution < 1.29 is 14.3 Å². The molecule has 2 aromatic rings. The van der Waals surface area contributed by atoms with Crippen LogP contribution in [0, 0.1) is 6.92 Å². The summed E-state index contributed by atoms with van der Waals surface area (Å²) in [5.74, 6) is 0.117. The molecular formula is C12H14N4O3. The molecule has 1 aromatic carbocycles. The van der Waals surface area contributed by atoms with Crippen molar-refractivity contribution in [2.24, 2.45) is 0 Å². The van der Waals surface area contributed by atoms with Gasteiger partial charge in [0.2, 0.25) is 5.95 Å². The molecule has 0 bridgehead atoms. The Morgan fingerprint density at radius 3 is 2.74 bits per heavy atom. The van der Waals surface area contributed by atoms with Gasteiger partial charge in [-0.3, -0.25) is 5.32 Å². The topological polar surface area (TPSA) is 85.2 Å². The summed E-state index contributed by atoms with van der Waals surface area (Å²) >= 11 is 0. The molecule has 0 radical (unpaired) electrons. The average molecular weight is 262 g/mol. The lowest BCUT2D eigenvalue weighted by atomic mass is 10.2. The van der Waals surface area contributed by atoms with Gasteiger partial charge >= 0.3 is 12.1 Å². The van der Waals surface area contributed by atoms with E-state index in [0.29, 0.717) is 11.0 Å². The van der Waals surface area contributed by atoms with Crippen molar-refractivity contribution in [3.05, 3.63) is 23.8 Å². The number of carbonyl (C=O) groups excluding carboxylic acids is 2. The second-order valence-corrected chi connectivity index (χ2v) is 3.93. The van der Waals surface area contributed by atoms with Gasteiger partial charge in [0.25, 0.3) is 0 Å². The summed E-state index contributed by atoms with van der Waals surface area (Å²) < 4.78 is 5.79. The molecule has 0 aliphatic rings. The number of methoxy groups -OCH3 is 1. The molecule has 0 saturated carbocycles. The fourth-order valence-electron chi connectivity index (χ4n) is 1.73. The van der Waals surface area contributed by atoms with Gasteiger partial charge < -0.3 is 10.1 Å². The highest BCUT2D eigenvalue weighted by Crippen LogP contribution is 2.20. The van der Waals surface area contributed by atoms with Crippen LogP contribution < -0.4 is 10.6 Å². The summed E-state index contributed by atoms with van der Waals surface area (Å²) in [5.41, 5.74) is 2.24.